The molecule has 2 N–H and O–H groups in total. The van der Waals surface area contributed by atoms with Crippen LogP contribution in [0, 0.1) is 13.8 Å². The summed E-state index contributed by atoms with van der Waals surface area (Å²) in [6.07, 6.45) is 0. The SMILES string of the molecule is Cc1cc2nc(Nc3ccc(Br)cc3)c(NS(=O)(=O)c3cccc(Cl)c3)nc2cc1C. The number of benzene rings is 3. The lowest BCUT2D eigenvalue weighted by atomic mass is 10.1. The van der Waals surface area contributed by atoms with Crippen LogP contribution in [0.1, 0.15) is 11.1 Å². The highest BCUT2D eigenvalue weighted by Gasteiger charge is 2.19. The second kappa shape index (κ2) is 8.45. The van der Waals surface area contributed by atoms with Crippen LogP contribution >= 0.6 is 27.5 Å². The van der Waals surface area contributed by atoms with E-state index in [1.807, 2.05) is 50.2 Å². The minimum Gasteiger partial charge on any atom is -0.337 e. The van der Waals surface area contributed by atoms with Gasteiger partial charge in [-0.05, 0) is 79.6 Å². The molecule has 0 radical (unpaired) electrons. The number of halogens is 2. The van der Waals surface area contributed by atoms with Gasteiger partial charge in [0.15, 0.2) is 11.6 Å². The fraction of sp³-hybridized carbons (Fsp3) is 0.0909. The summed E-state index contributed by atoms with van der Waals surface area (Å²) in [5.41, 5.74) is 4.10. The molecule has 6 nitrogen and oxygen atoms in total. The van der Waals surface area contributed by atoms with Crippen molar-refractivity contribution in [2.45, 2.75) is 18.7 Å². The topological polar surface area (TPSA) is 84.0 Å². The molecule has 0 bridgehead atoms. The third-order valence-corrected chi connectivity index (χ3v) is 6.82. The third kappa shape index (κ3) is 4.81. The van der Waals surface area contributed by atoms with Crippen LogP contribution in [0.2, 0.25) is 5.02 Å². The van der Waals surface area contributed by atoms with Crippen molar-refractivity contribution in [2.24, 2.45) is 0 Å². The first kappa shape index (κ1) is 21.5. The van der Waals surface area contributed by atoms with Gasteiger partial charge in [0.25, 0.3) is 10.0 Å². The number of sulfonamides is 1. The van der Waals surface area contributed by atoms with E-state index >= 15 is 0 Å². The number of hydrogen-bond donors (Lipinski definition) is 2. The number of nitrogens with one attached hydrogen (secondary N) is 2. The summed E-state index contributed by atoms with van der Waals surface area (Å²) >= 11 is 9.39. The van der Waals surface area contributed by atoms with Gasteiger partial charge in [0, 0.05) is 15.2 Å². The van der Waals surface area contributed by atoms with E-state index in [0.29, 0.717) is 21.9 Å². The van der Waals surface area contributed by atoms with Gasteiger partial charge in [-0.1, -0.05) is 33.6 Å². The lowest BCUT2D eigenvalue weighted by Crippen LogP contribution is -2.16. The quantitative estimate of drug-likeness (QED) is 0.329. The van der Waals surface area contributed by atoms with Crippen molar-refractivity contribution in [3.05, 3.63) is 81.3 Å². The Morgan fingerprint density at radius 3 is 2.10 bits per heavy atom. The Morgan fingerprint density at radius 1 is 0.871 bits per heavy atom. The Kier molecular flexibility index (Phi) is 5.88. The summed E-state index contributed by atoms with van der Waals surface area (Å²) in [7, 11) is -3.93. The molecule has 0 aliphatic rings. The molecule has 0 saturated heterocycles. The van der Waals surface area contributed by atoms with E-state index in [1.54, 1.807) is 12.1 Å². The highest BCUT2D eigenvalue weighted by molar-refractivity contribution is 9.10. The first-order valence-electron chi connectivity index (χ1n) is 9.31. The fourth-order valence-corrected chi connectivity index (χ4v) is 4.53. The average molecular weight is 518 g/mol. The van der Waals surface area contributed by atoms with Crippen molar-refractivity contribution in [3.8, 4) is 0 Å². The third-order valence-electron chi connectivity index (χ3n) is 4.72. The molecule has 0 aliphatic heterocycles. The summed E-state index contributed by atoms with van der Waals surface area (Å²) in [6, 6.07) is 17.3. The Bertz CT molecular complexity index is 1390. The van der Waals surface area contributed by atoms with Crippen LogP contribution in [0.15, 0.2) is 70.0 Å². The first-order chi connectivity index (χ1) is 14.7. The Balaban J connectivity index is 1.82. The molecule has 4 rings (SSSR count). The molecular weight excluding hydrogens is 500 g/mol. The molecule has 1 aromatic heterocycles. The van der Waals surface area contributed by atoms with E-state index in [4.69, 9.17) is 11.6 Å². The van der Waals surface area contributed by atoms with Gasteiger partial charge in [0.2, 0.25) is 0 Å². The number of nitrogens with zero attached hydrogens (tertiary/aromatic N) is 2. The Hall–Kier alpha value is -2.68. The van der Waals surface area contributed by atoms with Gasteiger partial charge < -0.3 is 5.32 Å². The van der Waals surface area contributed by atoms with Gasteiger partial charge in [0.05, 0.1) is 15.9 Å². The van der Waals surface area contributed by atoms with Gasteiger partial charge in [-0.2, -0.15) is 0 Å². The summed E-state index contributed by atoms with van der Waals surface area (Å²) < 4.78 is 29.5. The van der Waals surface area contributed by atoms with Crippen LogP contribution in [0.25, 0.3) is 11.0 Å². The maximum absolute atomic E-state index is 13.0. The van der Waals surface area contributed by atoms with Crippen LogP contribution in [0.5, 0.6) is 0 Å². The number of aryl methyl sites for hydroxylation is 2. The number of fused-ring (bicyclic) bond motifs is 1. The molecule has 1 heterocycles. The molecule has 0 spiro atoms. The van der Waals surface area contributed by atoms with Gasteiger partial charge in [-0.25, -0.2) is 18.4 Å². The zero-order valence-electron chi connectivity index (χ0n) is 16.6. The molecule has 31 heavy (non-hydrogen) atoms. The molecule has 3 aromatic carbocycles. The van der Waals surface area contributed by atoms with E-state index in [0.717, 1.165) is 21.3 Å². The highest BCUT2D eigenvalue weighted by atomic mass is 79.9. The smallest absolute Gasteiger partial charge is 0.263 e. The van der Waals surface area contributed by atoms with Crippen LogP contribution in [-0.4, -0.2) is 18.4 Å². The zero-order chi connectivity index (χ0) is 22.2. The Morgan fingerprint density at radius 2 is 1.48 bits per heavy atom. The molecule has 0 atom stereocenters. The lowest BCUT2D eigenvalue weighted by Gasteiger charge is -2.15. The second-order valence-electron chi connectivity index (χ2n) is 7.04. The van der Waals surface area contributed by atoms with Gasteiger partial charge in [-0.15, -0.1) is 0 Å². The molecule has 9 heteroatoms. The standard InChI is InChI=1S/C22H18BrClN4O2S/c1-13-10-19-20(11-14(13)2)27-22(21(26-19)25-17-8-6-15(23)7-9-17)28-31(29,30)18-5-3-4-16(24)12-18/h3-12H,1-2H3,(H,25,26)(H,27,28). The van der Waals surface area contributed by atoms with Crippen molar-refractivity contribution < 1.29 is 8.42 Å². The largest absolute Gasteiger partial charge is 0.337 e. The number of aromatic nitrogens is 2. The van der Waals surface area contributed by atoms with E-state index in [-0.39, 0.29) is 10.7 Å². The van der Waals surface area contributed by atoms with Crippen molar-refractivity contribution in [1.29, 1.82) is 0 Å². The monoisotopic (exact) mass is 516 g/mol. The predicted octanol–water partition coefficient (Wildman–Crippen LogP) is 6.21. The minimum absolute atomic E-state index is 0.0385. The molecule has 158 valence electrons. The van der Waals surface area contributed by atoms with Crippen molar-refractivity contribution >= 4 is 65.9 Å². The minimum atomic E-state index is -3.93. The summed E-state index contributed by atoms with van der Waals surface area (Å²) in [5, 5.41) is 3.49. The van der Waals surface area contributed by atoms with Gasteiger partial charge in [-0.3, -0.25) is 4.72 Å². The summed E-state index contributed by atoms with van der Waals surface area (Å²) in [4.78, 5) is 9.26. The van der Waals surface area contributed by atoms with Crippen molar-refractivity contribution in [2.75, 3.05) is 10.0 Å². The average Bonchev–Trinajstić information content (AvgIpc) is 2.71. The summed E-state index contributed by atoms with van der Waals surface area (Å²) in [5.74, 6) is 0.391. The highest BCUT2D eigenvalue weighted by Crippen LogP contribution is 2.29. The first-order valence-corrected chi connectivity index (χ1v) is 12.0. The number of anilines is 3. The van der Waals surface area contributed by atoms with Crippen LogP contribution in [-0.2, 0) is 10.0 Å². The van der Waals surface area contributed by atoms with Crippen LogP contribution < -0.4 is 10.0 Å². The van der Waals surface area contributed by atoms with Crippen LogP contribution in [0.4, 0.5) is 17.3 Å². The maximum Gasteiger partial charge on any atom is 0.263 e. The van der Waals surface area contributed by atoms with Gasteiger partial charge in [0.1, 0.15) is 0 Å². The van der Waals surface area contributed by atoms with E-state index in [1.165, 1.54) is 12.1 Å². The van der Waals surface area contributed by atoms with Crippen molar-refractivity contribution in [3.63, 3.8) is 0 Å². The zero-order valence-corrected chi connectivity index (χ0v) is 19.8. The molecule has 0 unspecified atom stereocenters. The molecule has 0 aliphatic carbocycles. The number of hydrogen-bond acceptors (Lipinski definition) is 5. The van der Waals surface area contributed by atoms with Gasteiger partial charge >= 0.3 is 0 Å². The second-order valence-corrected chi connectivity index (χ2v) is 10.1. The maximum atomic E-state index is 13.0. The molecule has 0 saturated carbocycles. The number of rotatable bonds is 5. The molecule has 4 aromatic rings. The van der Waals surface area contributed by atoms with E-state index in [9.17, 15) is 8.42 Å². The predicted molar refractivity (Wildman–Crippen MR) is 129 cm³/mol. The molecule has 0 amide bonds. The van der Waals surface area contributed by atoms with E-state index in [2.05, 4.69) is 35.9 Å². The Labute approximate surface area is 193 Å². The van der Waals surface area contributed by atoms with E-state index < -0.39 is 10.0 Å². The van der Waals surface area contributed by atoms with Crippen LogP contribution in [0.3, 0.4) is 0 Å². The summed E-state index contributed by atoms with van der Waals surface area (Å²) in [6.45, 7) is 3.97. The molecular formula is C22H18BrClN4O2S. The lowest BCUT2D eigenvalue weighted by molar-refractivity contribution is 0.601. The fourth-order valence-electron chi connectivity index (χ4n) is 2.96. The molecule has 0 fully saturated rings. The van der Waals surface area contributed by atoms with Crippen molar-refractivity contribution in [1.82, 2.24) is 9.97 Å². The normalized spacial score (nSPS) is 11.5.